The largest absolute Gasteiger partial charge is 0.493 e. The predicted molar refractivity (Wildman–Crippen MR) is 86.9 cm³/mol. The molecule has 1 unspecified atom stereocenters. The molecule has 3 nitrogen and oxygen atoms in total. The lowest BCUT2D eigenvalue weighted by molar-refractivity contribution is -0.131. The zero-order valence-electron chi connectivity index (χ0n) is 13.1. The highest BCUT2D eigenvalue weighted by atomic mass is 16.5. The van der Waals surface area contributed by atoms with Gasteiger partial charge in [0.2, 0.25) is 5.91 Å². The molecule has 0 saturated carbocycles. The highest BCUT2D eigenvalue weighted by Gasteiger charge is 2.27. The molecule has 1 heterocycles. The Kier molecular flexibility index (Phi) is 4.14. The number of fused-ring (bicyclic) bond motifs is 1. The molecule has 3 rings (SSSR count). The summed E-state index contributed by atoms with van der Waals surface area (Å²) in [4.78, 5) is 14.5. The molecule has 0 aliphatic carbocycles. The van der Waals surface area contributed by atoms with Gasteiger partial charge >= 0.3 is 0 Å². The molecule has 1 aliphatic heterocycles. The van der Waals surface area contributed by atoms with Crippen LogP contribution in [-0.4, -0.2) is 24.5 Å². The number of hydrogen-bond acceptors (Lipinski definition) is 2. The van der Waals surface area contributed by atoms with E-state index in [1.54, 1.807) is 0 Å². The SMILES string of the molecule is Cc1ccccc1CC(=O)N(C)C1CCOc2ccccc21. The van der Waals surface area contributed by atoms with Crippen LogP contribution in [0.25, 0.3) is 0 Å². The first-order valence-electron chi connectivity index (χ1n) is 7.68. The van der Waals surface area contributed by atoms with Crippen LogP contribution in [0.3, 0.4) is 0 Å². The Morgan fingerprint density at radius 3 is 2.73 bits per heavy atom. The third-order valence-corrected chi connectivity index (χ3v) is 4.39. The van der Waals surface area contributed by atoms with Crippen LogP contribution in [0.15, 0.2) is 48.5 Å². The number of carbonyl (C=O) groups excluding carboxylic acids is 1. The molecule has 0 fully saturated rings. The van der Waals surface area contributed by atoms with Gasteiger partial charge in [-0.3, -0.25) is 4.79 Å². The van der Waals surface area contributed by atoms with Crippen molar-refractivity contribution >= 4 is 5.91 Å². The molecule has 0 bridgehead atoms. The first-order chi connectivity index (χ1) is 10.7. The van der Waals surface area contributed by atoms with Gasteiger partial charge in [-0.1, -0.05) is 42.5 Å². The monoisotopic (exact) mass is 295 g/mol. The topological polar surface area (TPSA) is 29.5 Å². The molecule has 2 aromatic carbocycles. The van der Waals surface area contributed by atoms with Gasteiger partial charge in [0.05, 0.1) is 19.1 Å². The fraction of sp³-hybridized carbons (Fsp3) is 0.316. The van der Waals surface area contributed by atoms with E-state index in [1.165, 1.54) is 0 Å². The van der Waals surface area contributed by atoms with E-state index in [0.29, 0.717) is 13.0 Å². The summed E-state index contributed by atoms with van der Waals surface area (Å²) < 4.78 is 5.68. The summed E-state index contributed by atoms with van der Waals surface area (Å²) in [5.41, 5.74) is 3.37. The number of para-hydroxylation sites is 1. The van der Waals surface area contributed by atoms with Gasteiger partial charge in [-0.15, -0.1) is 0 Å². The molecule has 1 amide bonds. The summed E-state index contributed by atoms with van der Waals surface area (Å²) in [5.74, 6) is 1.05. The van der Waals surface area contributed by atoms with Crippen molar-refractivity contribution in [3.05, 3.63) is 65.2 Å². The van der Waals surface area contributed by atoms with E-state index in [-0.39, 0.29) is 11.9 Å². The minimum absolute atomic E-state index is 0.0986. The summed E-state index contributed by atoms with van der Waals surface area (Å²) in [5, 5.41) is 0. The van der Waals surface area contributed by atoms with Crippen LogP contribution in [0.1, 0.15) is 29.2 Å². The number of ether oxygens (including phenoxy) is 1. The first kappa shape index (κ1) is 14.6. The maximum Gasteiger partial charge on any atom is 0.227 e. The second-order valence-corrected chi connectivity index (χ2v) is 5.80. The predicted octanol–water partition coefficient (Wildman–Crippen LogP) is 3.52. The molecule has 0 radical (unpaired) electrons. The Morgan fingerprint density at radius 1 is 1.18 bits per heavy atom. The van der Waals surface area contributed by atoms with Crippen molar-refractivity contribution in [1.29, 1.82) is 0 Å². The number of carbonyl (C=O) groups is 1. The Hall–Kier alpha value is -2.29. The quantitative estimate of drug-likeness (QED) is 0.867. The smallest absolute Gasteiger partial charge is 0.227 e. The van der Waals surface area contributed by atoms with E-state index in [4.69, 9.17) is 4.74 Å². The molecule has 1 aliphatic rings. The molecule has 22 heavy (non-hydrogen) atoms. The van der Waals surface area contributed by atoms with Crippen LogP contribution in [0.5, 0.6) is 5.75 Å². The van der Waals surface area contributed by atoms with E-state index in [9.17, 15) is 4.79 Å². The Bertz CT molecular complexity index is 681. The molecule has 3 heteroatoms. The van der Waals surface area contributed by atoms with Gasteiger partial charge in [0.1, 0.15) is 5.75 Å². The molecule has 0 saturated heterocycles. The highest BCUT2D eigenvalue weighted by Crippen LogP contribution is 2.35. The minimum atomic E-state index is 0.0986. The lowest BCUT2D eigenvalue weighted by Gasteiger charge is -2.33. The summed E-state index contributed by atoms with van der Waals surface area (Å²) >= 11 is 0. The fourth-order valence-electron chi connectivity index (χ4n) is 3.00. The van der Waals surface area contributed by atoms with Crippen LogP contribution >= 0.6 is 0 Å². The zero-order chi connectivity index (χ0) is 15.5. The van der Waals surface area contributed by atoms with Crippen molar-refractivity contribution in [3.8, 4) is 5.75 Å². The van der Waals surface area contributed by atoms with Gasteiger partial charge in [-0.2, -0.15) is 0 Å². The van der Waals surface area contributed by atoms with Crippen molar-refractivity contribution < 1.29 is 9.53 Å². The molecular weight excluding hydrogens is 274 g/mol. The van der Waals surface area contributed by atoms with E-state index < -0.39 is 0 Å². The summed E-state index contributed by atoms with van der Waals surface area (Å²) in [6.07, 6.45) is 1.29. The van der Waals surface area contributed by atoms with Crippen LogP contribution in [-0.2, 0) is 11.2 Å². The fourth-order valence-corrected chi connectivity index (χ4v) is 3.00. The average Bonchev–Trinajstić information content (AvgIpc) is 2.55. The van der Waals surface area contributed by atoms with Gasteiger partial charge in [0.25, 0.3) is 0 Å². The third-order valence-electron chi connectivity index (χ3n) is 4.39. The molecule has 0 N–H and O–H groups in total. The number of likely N-dealkylation sites (N-methyl/N-ethyl adjacent to an activating group) is 1. The number of nitrogens with zero attached hydrogens (tertiary/aromatic N) is 1. The Labute approximate surface area is 131 Å². The van der Waals surface area contributed by atoms with E-state index >= 15 is 0 Å². The molecular formula is C19H21NO2. The summed E-state index contributed by atoms with van der Waals surface area (Å²) in [6.45, 7) is 2.70. The zero-order valence-corrected chi connectivity index (χ0v) is 13.1. The van der Waals surface area contributed by atoms with Gasteiger partial charge in [0.15, 0.2) is 0 Å². The Balaban J connectivity index is 1.78. The van der Waals surface area contributed by atoms with Crippen molar-refractivity contribution in [2.75, 3.05) is 13.7 Å². The Morgan fingerprint density at radius 2 is 1.91 bits per heavy atom. The van der Waals surface area contributed by atoms with Crippen LogP contribution in [0.4, 0.5) is 0 Å². The molecule has 2 aromatic rings. The van der Waals surface area contributed by atoms with Crippen molar-refractivity contribution in [2.45, 2.75) is 25.8 Å². The van der Waals surface area contributed by atoms with E-state index in [0.717, 1.165) is 28.9 Å². The second-order valence-electron chi connectivity index (χ2n) is 5.80. The van der Waals surface area contributed by atoms with Crippen LogP contribution in [0, 0.1) is 6.92 Å². The van der Waals surface area contributed by atoms with Crippen molar-refractivity contribution in [3.63, 3.8) is 0 Å². The number of aryl methyl sites for hydroxylation is 1. The van der Waals surface area contributed by atoms with Crippen LogP contribution < -0.4 is 4.74 Å². The maximum atomic E-state index is 12.7. The third kappa shape index (κ3) is 2.84. The van der Waals surface area contributed by atoms with E-state index in [1.807, 2.05) is 61.3 Å². The molecule has 1 atom stereocenters. The highest BCUT2D eigenvalue weighted by molar-refractivity contribution is 5.79. The normalized spacial score (nSPS) is 16.5. The minimum Gasteiger partial charge on any atom is -0.493 e. The number of rotatable bonds is 3. The van der Waals surface area contributed by atoms with Crippen molar-refractivity contribution in [2.24, 2.45) is 0 Å². The van der Waals surface area contributed by atoms with Gasteiger partial charge < -0.3 is 9.64 Å². The average molecular weight is 295 g/mol. The lowest BCUT2D eigenvalue weighted by Crippen LogP contribution is -2.35. The number of benzene rings is 2. The van der Waals surface area contributed by atoms with Crippen molar-refractivity contribution in [1.82, 2.24) is 4.90 Å². The molecule has 114 valence electrons. The maximum absolute atomic E-state index is 12.7. The van der Waals surface area contributed by atoms with E-state index in [2.05, 4.69) is 6.07 Å². The van der Waals surface area contributed by atoms with Gasteiger partial charge in [0, 0.05) is 19.0 Å². The van der Waals surface area contributed by atoms with Gasteiger partial charge in [-0.05, 0) is 24.1 Å². The summed E-state index contributed by atoms with van der Waals surface area (Å²) in [6, 6.07) is 16.2. The van der Waals surface area contributed by atoms with Crippen LogP contribution in [0.2, 0.25) is 0 Å². The summed E-state index contributed by atoms with van der Waals surface area (Å²) in [7, 11) is 1.90. The molecule has 0 spiro atoms. The number of hydrogen-bond donors (Lipinski definition) is 0. The molecule has 0 aromatic heterocycles. The first-order valence-corrected chi connectivity index (χ1v) is 7.68. The lowest BCUT2D eigenvalue weighted by atomic mass is 9.98. The number of amides is 1. The standard InChI is InChI=1S/C19H21NO2/c1-14-7-3-4-8-15(14)13-19(21)20(2)17-11-12-22-18-10-6-5-9-16(17)18/h3-10,17H,11-13H2,1-2H3. The van der Waals surface area contributed by atoms with Gasteiger partial charge in [-0.25, -0.2) is 0 Å². The second kappa shape index (κ2) is 6.22.